The summed E-state index contributed by atoms with van der Waals surface area (Å²) in [6, 6.07) is 3.95. The van der Waals surface area contributed by atoms with E-state index in [4.69, 9.17) is 0 Å². The minimum atomic E-state index is -0.190. The minimum absolute atomic E-state index is 0.190. The summed E-state index contributed by atoms with van der Waals surface area (Å²) in [7, 11) is 0. The molecular weight excluding hydrogens is 271 g/mol. The van der Waals surface area contributed by atoms with Gasteiger partial charge < -0.3 is 10.2 Å². The quantitative estimate of drug-likeness (QED) is 0.854. The van der Waals surface area contributed by atoms with E-state index in [9.17, 15) is 4.39 Å². The third-order valence-corrected chi connectivity index (χ3v) is 3.56. The summed E-state index contributed by atoms with van der Waals surface area (Å²) < 4.78 is 13.9. The molecule has 0 saturated carbocycles. The third-order valence-electron chi connectivity index (χ3n) is 2.95. The van der Waals surface area contributed by atoms with E-state index in [1.807, 2.05) is 13.0 Å². The molecule has 2 nitrogen and oxygen atoms in total. The van der Waals surface area contributed by atoms with Crippen molar-refractivity contribution in [3.8, 4) is 0 Å². The molecule has 0 bridgehead atoms. The van der Waals surface area contributed by atoms with Gasteiger partial charge in [0.1, 0.15) is 5.82 Å². The van der Waals surface area contributed by atoms with Gasteiger partial charge >= 0.3 is 0 Å². The van der Waals surface area contributed by atoms with Gasteiger partial charge in [-0.1, -0.05) is 0 Å². The highest BCUT2D eigenvalue weighted by Crippen LogP contribution is 2.27. The standard InChI is InChI=1S/C12H16BrFN2/c1-8-5-11(14)10(13)6-12(8)16-4-3-15-9(2)7-16/h5-6,9,15H,3-4,7H2,1-2H3. The van der Waals surface area contributed by atoms with E-state index in [0.717, 1.165) is 30.9 Å². The average Bonchev–Trinajstić information content (AvgIpc) is 2.23. The van der Waals surface area contributed by atoms with Gasteiger partial charge in [0.05, 0.1) is 4.47 Å². The van der Waals surface area contributed by atoms with Crippen LogP contribution in [0.5, 0.6) is 0 Å². The molecule has 0 aromatic heterocycles. The van der Waals surface area contributed by atoms with Crippen LogP contribution in [0.1, 0.15) is 12.5 Å². The number of hydrogen-bond donors (Lipinski definition) is 1. The lowest BCUT2D eigenvalue weighted by Gasteiger charge is -2.34. The maximum atomic E-state index is 13.3. The molecule has 0 spiro atoms. The second-order valence-corrected chi connectivity index (χ2v) is 5.21. The minimum Gasteiger partial charge on any atom is -0.368 e. The summed E-state index contributed by atoms with van der Waals surface area (Å²) in [5.74, 6) is -0.190. The maximum absolute atomic E-state index is 13.3. The average molecular weight is 287 g/mol. The Morgan fingerprint density at radius 2 is 2.25 bits per heavy atom. The molecule has 1 aliphatic rings. The molecule has 16 heavy (non-hydrogen) atoms. The van der Waals surface area contributed by atoms with Crippen LogP contribution >= 0.6 is 15.9 Å². The van der Waals surface area contributed by atoms with Crippen LogP contribution in [0.2, 0.25) is 0 Å². The van der Waals surface area contributed by atoms with Crippen molar-refractivity contribution in [1.82, 2.24) is 5.32 Å². The lowest BCUT2D eigenvalue weighted by atomic mass is 10.1. The zero-order chi connectivity index (χ0) is 11.7. The van der Waals surface area contributed by atoms with Crippen LogP contribution in [-0.4, -0.2) is 25.7 Å². The van der Waals surface area contributed by atoms with Crippen LogP contribution in [0.25, 0.3) is 0 Å². The number of piperazine rings is 1. The van der Waals surface area contributed by atoms with Crippen LogP contribution in [0, 0.1) is 12.7 Å². The molecule has 0 amide bonds. The summed E-state index contributed by atoms with van der Waals surface area (Å²) in [5.41, 5.74) is 2.12. The largest absolute Gasteiger partial charge is 0.368 e. The van der Waals surface area contributed by atoms with Crippen molar-refractivity contribution in [3.05, 3.63) is 28.0 Å². The smallest absolute Gasteiger partial charge is 0.137 e. The fourth-order valence-electron chi connectivity index (χ4n) is 2.13. The predicted molar refractivity (Wildman–Crippen MR) is 68.5 cm³/mol. The van der Waals surface area contributed by atoms with Crippen LogP contribution in [0.15, 0.2) is 16.6 Å². The van der Waals surface area contributed by atoms with Gasteiger partial charge in [-0.15, -0.1) is 0 Å². The SMILES string of the molecule is Cc1cc(F)c(Br)cc1N1CCNC(C)C1. The van der Waals surface area contributed by atoms with Gasteiger partial charge in [-0.25, -0.2) is 4.39 Å². The third kappa shape index (κ3) is 2.38. The van der Waals surface area contributed by atoms with Crippen molar-refractivity contribution < 1.29 is 4.39 Å². The molecular formula is C12H16BrFN2. The first kappa shape index (κ1) is 11.9. The molecule has 1 heterocycles. The Labute approximate surface area is 104 Å². The zero-order valence-corrected chi connectivity index (χ0v) is 11.1. The fraction of sp³-hybridized carbons (Fsp3) is 0.500. The number of rotatable bonds is 1. The van der Waals surface area contributed by atoms with E-state index in [1.165, 1.54) is 0 Å². The summed E-state index contributed by atoms with van der Waals surface area (Å²) in [4.78, 5) is 2.31. The molecule has 1 fully saturated rings. The van der Waals surface area contributed by atoms with Crippen LogP contribution < -0.4 is 10.2 Å². The Kier molecular flexibility index (Phi) is 3.50. The normalized spacial score (nSPS) is 21.2. The van der Waals surface area contributed by atoms with Crippen LogP contribution in [0.3, 0.4) is 0 Å². The molecule has 1 N–H and O–H groups in total. The number of hydrogen-bond acceptors (Lipinski definition) is 2. The second kappa shape index (κ2) is 4.72. The van der Waals surface area contributed by atoms with Crippen molar-refractivity contribution in [1.29, 1.82) is 0 Å². The molecule has 0 radical (unpaired) electrons. The molecule has 1 aromatic carbocycles. The number of aryl methyl sites for hydroxylation is 1. The number of benzene rings is 1. The highest BCUT2D eigenvalue weighted by Gasteiger charge is 2.18. The highest BCUT2D eigenvalue weighted by atomic mass is 79.9. The number of halogens is 2. The highest BCUT2D eigenvalue weighted by molar-refractivity contribution is 9.10. The van der Waals surface area contributed by atoms with Crippen molar-refractivity contribution in [3.63, 3.8) is 0 Å². The first-order chi connectivity index (χ1) is 7.58. The molecule has 1 aromatic rings. The Morgan fingerprint density at radius 3 is 2.94 bits per heavy atom. The van der Waals surface area contributed by atoms with Crippen molar-refractivity contribution >= 4 is 21.6 Å². The first-order valence-electron chi connectivity index (χ1n) is 5.52. The van der Waals surface area contributed by atoms with Gasteiger partial charge in [0.2, 0.25) is 0 Å². The fourth-order valence-corrected chi connectivity index (χ4v) is 2.46. The number of anilines is 1. The number of nitrogens with one attached hydrogen (secondary N) is 1. The summed E-state index contributed by atoms with van der Waals surface area (Å²) in [6.07, 6.45) is 0. The van der Waals surface area contributed by atoms with Crippen LogP contribution in [-0.2, 0) is 0 Å². The zero-order valence-electron chi connectivity index (χ0n) is 9.56. The van der Waals surface area contributed by atoms with Crippen molar-refractivity contribution in [2.45, 2.75) is 19.9 Å². The maximum Gasteiger partial charge on any atom is 0.137 e. The van der Waals surface area contributed by atoms with Gasteiger partial charge in [0, 0.05) is 31.4 Å². The topological polar surface area (TPSA) is 15.3 Å². The molecule has 0 aliphatic carbocycles. The van der Waals surface area contributed by atoms with Gasteiger partial charge in [0.15, 0.2) is 0 Å². The lowest BCUT2D eigenvalue weighted by molar-refractivity contribution is 0.484. The summed E-state index contributed by atoms with van der Waals surface area (Å²) in [6.45, 7) is 7.05. The molecule has 88 valence electrons. The van der Waals surface area contributed by atoms with Gasteiger partial charge in [-0.2, -0.15) is 0 Å². The van der Waals surface area contributed by atoms with E-state index in [1.54, 1.807) is 6.07 Å². The van der Waals surface area contributed by atoms with E-state index in [0.29, 0.717) is 10.5 Å². The Balaban J connectivity index is 2.29. The molecule has 4 heteroatoms. The molecule has 1 saturated heterocycles. The van der Waals surface area contributed by atoms with Crippen LogP contribution in [0.4, 0.5) is 10.1 Å². The van der Waals surface area contributed by atoms with E-state index >= 15 is 0 Å². The number of nitrogens with zero attached hydrogens (tertiary/aromatic N) is 1. The van der Waals surface area contributed by atoms with Crippen molar-refractivity contribution in [2.75, 3.05) is 24.5 Å². The van der Waals surface area contributed by atoms with Gasteiger partial charge in [-0.05, 0) is 47.5 Å². The summed E-state index contributed by atoms with van der Waals surface area (Å²) >= 11 is 3.24. The Bertz CT molecular complexity index is 395. The van der Waals surface area contributed by atoms with E-state index in [2.05, 4.69) is 33.1 Å². The van der Waals surface area contributed by atoms with Gasteiger partial charge in [-0.3, -0.25) is 0 Å². The summed E-state index contributed by atoms with van der Waals surface area (Å²) in [5, 5.41) is 3.40. The van der Waals surface area contributed by atoms with Crippen molar-refractivity contribution in [2.24, 2.45) is 0 Å². The molecule has 1 unspecified atom stereocenters. The Morgan fingerprint density at radius 1 is 1.50 bits per heavy atom. The van der Waals surface area contributed by atoms with E-state index in [-0.39, 0.29) is 5.82 Å². The first-order valence-corrected chi connectivity index (χ1v) is 6.31. The second-order valence-electron chi connectivity index (χ2n) is 4.35. The van der Waals surface area contributed by atoms with Gasteiger partial charge in [0.25, 0.3) is 0 Å². The molecule has 2 rings (SSSR count). The Hall–Kier alpha value is -0.610. The molecule has 1 aliphatic heterocycles. The monoisotopic (exact) mass is 286 g/mol. The predicted octanol–water partition coefficient (Wildman–Crippen LogP) is 2.69. The molecule has 1 atom stereocenters. The van der Waals surface area contributed by atoms with E-state index < -0.39 is 0 Å². The lowest BCUT2D eigenvalue weighted by Crippen LogP contribution is -2.49.